The van der Waals surface area contributed by atoms with Crippen LogP contribution >= 0.6 is 23.2 Å². The highest BCUT2D eigenvalue weighted by Gasteiger charge is 2.26. The van der Waals surface area contributed by atoms with Crippen LogP contribution in [0.25, 0.3) is 0 Å². The molecular formula is C20H24Cl2N2O4S. The molecule has 0 radical (unpaired) electrons. The third-order valence-corrected chi connectivity index (χ3v) is 7.01. The standard InChI is InChI=1S/C20H24Cl2N2O4S/c1-4-24(5-2)29(26,27)19-13-15(8-10-18(19)28-6-3)23-20(25)12-14-7-9-16(21)17(22)11-14/h7-11,13H,4-6,12H2,1-3H3,(H,23,25). The Bertz CT molecular complexity index is 976. The average Bonchev–Trinajstić information content (AvgIpc) is 2.66. The fraction of sp³-hybridized carbons (Fsp3) is 0.350. The highest BCUT2D eigenvalue weighted by atomic mass is 35.5. The summed E-state index contributed by atoms with van der Waals surface area (Å²) in [6.45, 7) is 6.30. The number of carbonyl (C=O) groups is 1. The largest absolute Gasteiger partial charge is 0.492 e. The lowest BCUT2D eigenvalue weighted by Gasteiger charge is -2.21. The maximum atomic E-state index is 13.0. The van der Waals surface area contributed by atoms with E-state index in [-0.39, 0.29) is 23.0 Å². The molecule has 2 aromatic carbocycles. The predicted molar refractivity (Wildman–Crippen MR) is 117 cm³/mol. The first-order chi connectivity index (χ1) is 13.7. The van der Waals surface area contributed by atoms with Crippen molar-refractivity contribution in [3.63, 3.8) is 0 Å². The van der Waals surface area contributed by atoms with Crippen LogP contribution in [0.15, 0.2) is 41.3 Å². The Kier molecular flexibility index (Phi) is 8.34. The average molecular weight is 459 g/mol. The summed E-state index contributed by atoms with van der Waals surface area (Å²) < 4.78 is 32.8. The minimum atomic E-state index is -3.76. The molecule has 0 aliphatic heterocycles. The first-order valence-electron chi connectivity index (χ1n) is 9.23. The van der Waals surface area contributed by atoms with E-state index in [1.807, 2.05) is 0 Å². The molecule has 0 aliphatic rings. The Morgan fingerprint density at radius 1 is 1.03 bits per heavy atom. The molecular weight excluding hydrogens is 435 g/mol. The molecule has 0 saturated carbocycles. The molecule has 2 aromatic rings. The molecule has 0 fully saturated rings. The number of sulfonamides is 1. The summed E-state index contributed by atoms with van der Waals surface area (Å²) in [5, 5.41) is 3.50. The van der Waals surface area contributed by atoms with Gasteiger partial charge in [0.05, 0.1) is 23.1 Å². The monoisotopic (exact) mass is 458 g/mol. The molecule has 0 aliphatic carbocycles. The number of ether oxygens (including phenoxy) is 1. The summed E-state index contributed by atoms with van der Waals surface area (Å²) in [6, 6.07) is 9.54. The zero-order valence-corrected chi connectivity index (χ0v) is 18.9. The quantitative estimate of drug-likeness (QED) is 0.595. The summed E-state index contributed by atoms with van der Waals surface area (Å²) in [5.74, 6) is -0.0550. The molecule has 0 saturated heterocycles. The molecule has 1 N–H and O–H groups in total. The van der Waals surface area contributed by atoms with Crippen LogP contribution in [0.1, 0.15) is 26.3 Å². The number of hydrogen-bond donors (Lipinski definition) is 1. The predicted octanol–water partition coefficient (Wildman–Crippen LogP) is 4.60. The van der Waals surface area contributed by atoms with Crippen molar-refractivity contribution in [2.45, 2.75) is 32.1 Å². The molecule has 0 spiro atoms. The van der Waals surface area contributed by atoms with Gasteiger partial charge in [-0.05, 0) is 42.8 Å². The lowest BCUT2D eigenvalue weighted by atomic mass is 10.1. The van der Waals surface area contributed by atoms with Crippen LogP contribution in [0, 0.1) is 0 Å². The number of hydrogen-bond acceptors (Lipinski definition) is 4. The van der Waals surface area contributed by atoms with Crippen LogP contribution in [-0.4, -0.2) is 38.3 Å². The SMILES string of the molecule is CCOc1ccc(NC(=O)Cc2ccc(Cl)c(Cl)c2)cc1S(=O)(=O)N(CC)CC. The van der Waals surface area contributed by atoms with Gasteiger partial charge >= 0.3 is 0 Å². The van der Waals surface area contributed by atoms with E-state index in [9.17, 15) is 13.2 Å². The van der Waals surface area contributed by atoms with E-state index in [1.54, 1.807) is 51.1 Å². The Hall–Kier alpha value is -1.80. The fourth-order valence-corrected chi connectivity index (χ4v) is 4.74. The Balaban J connectivity index is 2.29. The number of halogens is 2. The number of nitrogens with zero attached hydrogens (tertiary/aromatic N) is 1. The summed E-state index contributed by atoms with van der Waals surface area (Å²) in [7, 11) is -3.76. The Labute approximate surface area is 181 Å². The van der Waals surface area contributed by atoms with Gasteiger partial charge in [-0.15, -0.1) is 0 Å². The minimum Gasteiger partial charge on any atom is -0.492 e. The number of amides is 1. The van der Waals surface area contributed by atoms with Crippen LogP contribution < -0.4 is 10.1 Å². The number of carbonyl (C=O) groups excluding carboxylic acids is 1. The van der Waals surface area contributed by atoms with Gasteiger partial charge in [-0.25, -0.2) is 8.42 Å². The van der Waals surface area contributed by atoms with E-state index >= 15 is 0 Å². The van der Waals surface area contributed by atoms with Crippen LogP contribution in [0.3, 0.4) is 0 Å². The lowest BCUT2D eigenvalue weighted by molar-refractivity contribution is -0.115. The summed E-state index contributed by atoms with van der Waals surface area (Å²) >= 11 is 11.9. The highest BCUT2D eigenvalue weighted by Crippen LogP contribution is 2.30. The lowest BCUT2D eigenvalue weighted by Crippen LogP contribution is -2.31. The second kappa shape index (κ2) is 10.3. The Morgan fingerprint density at radius 2 is 1.72 bits per heavy atom. The molecule has 2 rings (SSSR count). The molecule has 6 nitrogen and oxygen atoms in total. The van der Waals surface area contributed by atoms with E-state index in [0.717, 1.165) is 0 Å². The number of benzene rings is 2. The van der Waals surface area contributed by atoms with Crippen LogP contribution in [0.2, 0.25) is 10.0 Å². The van der Waals surface area contributed by atoms with Crippen LogP contribution in [-0.2, 0) is 21.2 Å². The molecule has 0 bridgehead atoms. The second-order valence-corrected chi connectivity index (χ2v) is 8.88. The maximum Gasteiger partial charge on any atom is 0.246 e. The van der Waals surface area contributed by atoms with Crippen molar-refractivity contribution >= 4 is 44.8 Å². The van der Waals surface area contributed by atoms with E-state index < -0.39 is 10.0 Å². The van der Waals surface area contributed by atoms with E-state index in [0.29, 0.717) is 41.0 Å². The van der Waals surface area contributed by atoms with Gasteiger partial charge in [0, 0.05) is 18.8 Å². The Morgan fingerprint density at radius 3 is 2.31 bits per heavy atom. The van der Waals surface area contributed by atoms with Crippen molar-refractivity contribution in [1.82, 2.24) is 4.31 Å². The third-order valence-electron chi connectivity index (χ3n) is 4.20. The molecule has 0 aromatic heterocycles. The van der Waals surface area contributed by atoms with Gasteiger partial charge in [-0.1, -0.05) is 43.1 Å². The summed E-state index contributed by atoms with van der Waals surface area (Å²) in [6.07, 6.45) is 0.0717. The third kappa shape index (κ3) is 5.85. The first-order valence-corrected chi connectivity index (χ1v) is 11.4. The second-order valence-electron chi connectivity index (χ2n) is 6.16. The van der Waals surface area contributed by atoms with Crippen molar-refractivity contribution in [3.8, 4) is 5.75 Å². The summed E-state index contributed by atoms with van der Waals surface area (Å²) in [4.78, 5) is 12.4. The molecule has 0 atom stereocenters. The number of nitrogens with one attached hydrogen (secondary N) is 1. The molecule has 158 valence electrons. The summed E-state index contributed by atoms with van der Waals surface area (Å²) in [5.41, 5.74) is 1.06. The minimum absolute atomic E-state index is 0.0235. The smallest absolute Gasteiger partial charge is 0.246 e. The highest BCUT2D eigenvalue weighted by molar-refractivity contribution is 7.89. The van der Waals surface area contributed by atoms with Crippen molar-refractivity contribution in [1.29, 1.82) is 0 Å². The van der Waals surface area contributed by atoms with E-state index in [4.69, 9.17) is 27.9 Å². The van der Waals surface area contributed by atoms with Crippen LogP contribution in [0.4, 0.5) is 5.69 Å². The molecule has 0 unspecified atom stereocenters. The molecule has 9 heteroatoms. The van der Waals surface area contributed by atoms with Crippen molar-refractivity contribution in [3.05, 3.63) is 52.0 Å². The van der Waals surface area contributed by atoms with Crippen molar-refractivity contribution < 1.29 is 17.9 Å². The van der Waals surface area contributed by atoms with Crippen molar-refractivity contribution in [2.75, 3.05) is 25.0 Å². The van der Waals surface area contributed by atoms with Gasteiger partial charge in [0.2, 0.25) is 15.9 Å². The number of rotatable bonds is 9. The van der Waals surface area contributed by atoms with Gasteiger partial charge in [0.1, 0.15) is 10.6 Å². The van der Waals surface area contributed by atoms with Gasteiger partial charge in [-0.2, -0.15) is 4.31 Å². The topological polar surface area (TPSA) is 75.7 Å². The van der Waals surface area contributed by atoms with Crippen molar-refractivity contribution in [2.24, 2.45) is 0 Å². The van der Waals surface area contributed by atoms with Gasteiger partial charge in [0.25, 0.3) is 0 Å². The molecule has 29 heavy (non-hydrogen) atoms. The maximum absolute atomic E-state index is 13.0. The van der Waals surface area contributed by atoms with Gasteiger partial charge < -0.3 is 10.1 Å². The van der Waals surface area contributed by atoms with Gasteiger partial charge in [-0.3, -0.25) is 4.79 Å². The molecule has 0 heterocycles. The number of anilines is 1. The van der Waals surface area contributed by atoms with Gasteiger partial charge in [0.15, 0.2) is 0 Å². The van der Waals surface area contributed by atoms with E-state index in [1.165, 1.54) is 10.4 Å². The van der Waals surface area contributed by atoms with Crippen LogP contribution in [0.5, 0.6) is 5.75 Å². The van der Waals surface area contributed by atoms with E-state index in [2.05, 4.69) is 5.32 Å². The normalized spacial score (nSPS) is 11.5. The zero-order chi connectivity index (χ0) is 21.6. The fourth-order valence-electron chi connectivity index (χ4n) is 2.80. The molecule has 1 amide bonds. The zero-order valence-electron chi connectivity index (χ0n) is 16.5. The first kappa shape index (κ1) is 23.5.